The Morgan fingerprint density at radius 2 is 1.97 bits per heavy atom. The molecule has 1 atom stereocenters. The number of imide groups is 1. The van der Waals surface area contributed by atoms with Crippen LogP contribution in [0.1, 0.15) is 18.1 Å². The van der Waals surface area contributed by atoms with Gasteiger partial charge >= 0.3 is 6.03 Å². The van der Waals surface area contributed by atoms with Crippen molar-refractivity contribution in [1.82, 2.24) is 10.2 Å². The highest BCUT2D eigenvalue weighted by Crippen LogP contribution is 2.30. The fraction of sp³-hybridized carbons (Fsp3) is 0.158. The van der Waals surface area contributed by atoms with Crippen molar-refractivity contribution in [3.63, 3.8) is 0 Å². The zero-order valence-electron chi connectivity index (χ0n) is 15.5. The Kier molecular flexibility index (Phi) is 5.40. The smallest absolute Gasteiger partial charge is 0.324 e. The first-order chi connectivity index (χ1) is 14.2. The number of nitriles is 1. The molecule has 2 N–H and O–H groups in total. The number of amides is 4. The number of nitrogens with zero attached hydrogens (tertiary/aromatic N) is 3. The molecule has 30 heavy (non-hydrogen) atoms. The van der Waals surface area contributed by atoms with Crippen molar-refractivity contribution in [1.29, 1.82) is 5.26 Å². The lowest BCUT2D eigenvalue weighted by atomic mass is 9.92. The molecule has 10 nitrogen and oxygen atoms in total. The van der Waals surface area contributed by atoms with Crippen LogP contribution in [0.3, 0.4) is 0 Å². The van der Waals surface area contributed by atoms with E-state index in [-0.39, 0.29) is 16.3 Å². The zero-order chi connectivity index (χ0) is 22.1. The van der Waals surface area contributed by atoms with Gasteiger partial charge in [-0.05, 0) is 42.8 Å². The molecular formula is C19H14ClN5O5. The maximum Gasteiger partial charge on any atom is 0.325 e. The van der Waals surface area contributed by atoms with E-state index in [2.05, 4.69) is 10.6 Å². The average Bonchev–Trinajstić information content (AvgIpc) is 2.92. The minimum absolute atomic E-state index is 0.149. The molecular weight excluding hydrogens is 414 g/mol. The van der Waals surface area contributed by atoms with Crippen LogP contribution in [-0.4, -0.2) is 34.2 Å². The largest absolute Gasteiger partial charge is 0.325 e. The molecule has 0 bridgehead atoms. The highest BCUT2D eigenvalue weighted by molar-refractivity contribution is 6.32. The molecule has 3 rings (SSSR count). The van der Waals surface area contributed by atoms with E-state index in [4.69, 9.17) is 16.9 Å². The fourth-order valence-electron chi connectivity index (χ4n) is 2.98. The average molecular weight is 428 g/mol. The van der Waals surface area contributed by atoms with E-state index >= 15 is 0 Å². The number of nitrogens with one attached hydrogen (secondary N) is 2. The van der Waals surface area contributed by atoms with E-state index in [9.17, 15) is 24.5 Å². The number of nitro benzene ring substituents is 1. The van der Waals surface area contributed by atoms with Crippen molar-refractivity contribution < 1.29 is 19.3 Å². The molecule has 1 heterocycles. The predicted molar refractivity (Wildman–Crippen MR) is 105 cm³/mol. The van der Waals surface area contributed by atoms with E-state index < -0.39 is 34.9 Å². The van der Waals surface area contributed by atoms with E-state index in [0.717, 1.165) is 4.90 Å². The van der Waals surface area contributed by atoms with Gasteiger partial charge in [0, 0.05) is 17.8 Å². The van der Waals surface area contributed by atoms with Gasteiger partial charge in [0.2, 0.25) is 5.91 Å². The number of nitro groups is 1. The fourth-order valence-corrected chi connectivity index (χ4v) is 3.20. The number of non-ortho nitro benzene ring substituents is 1. The maximum atomic E-state index is 12.9. The van der Waals surface area contributed by atoms with Gasteiger partial charge in [-0.3, -0.25) is 24.6 Å². The first-order valence-corrected chi connectivity index (χ1v) is 8.92. The summed E-state index contributed by atoms with van der Waals surface area (Å²) in [5.74, 6) is -1.32. The quantitative estimate of drug-likeness (QED) is 0.426. The molecule has 0 unspecified atom stereocenters. The number of hydrogen-bond acceptors (Lipinski definition) is 6. The highest BCUT2D eigenvalue weighted by atomic mass is 35.5. The van der Waals surface area contributed by atoms with Crippen molar-refractivity contribution >= 4 is 40.8 Å². The normalized spacial score (nSPS) is 18.0. The Bertz CT molecular complexity index is 1110. The monoisotopic (exact) mass is 427 g/mol. The SMILES string of the molecule is C[C@@]1(c2ccc([N+](=O)[O-])cc2)NC(=O)N(CC(=O)Nc2ccc(C#N)c(Cl)c2)C1=O. The number of carbonyl (C=O) groups is 3. The van der Waals surface area contributed by atoms with Crippen molar-refractivity contribution in [2.45, 2.75) is 12.5 Å². The molecule has 1 fully saturated rings. The summed E-state index contributed by atoms with van der Waals surface area (Å²) in [7, 11) is 0. The van der Waals surface area contributed by atoms with Gasteiger partial charge in [-0.15, -0.1) is 0 Å². The van der Waals surface area contributed by atoms with Crippen LogP contribution in [0.15, 0.2) is 42.5 Å². The molecule has 0 spiro atoms. The molecule has 2 aromatic carbocycles. The second-order valence-corrected chi connectivity index (χ2v) is 7.01. The van der Waals surface area contributed by atoms with Crippen LogP contribution in [0.5, 0.6) is 0 Å². The molecule has 1 aliphatic heterocycles. The van der Waals surface area contributed by atoms with Gasteiger partial charge in [0.05, 0.1) is 15.5 Å². The number of hydrogen-bond donors (Lipinski definition) is 2. The third-order valence-corrected chi connectivity index (χ3v) is 4.92. The number of halogens is 1. The zero-order valence-corrected chi connectivity index (χ0v) is 16.3. The molecule has 152 valence electrons. The summed E-state index contributed by atoms with van der Waals surface area (Å²) in [6.45, 7) is 0.900. The van der Waals surface area contributed by atoms with Crippen LogP contribution in [0.2, 0.25) is 5.02 Å². The lowest BCUT2D eigenvalue weighted by molar-refractivity contribution is -0.384. The summed E-state index contributed by atoms with van der Waals surface area (Å²) < 4.78 is 0. The molecule has 0 saturated carbocycles. The van der Waals surface area contributed by atoms with Crippen molar-refractivity contribution in [3.05, 3.63) is 68.7 Å². The van der Waals surface area contributed by atoms with Gasteiger partial charge in [0.15, 0.2) is 0 Å². The summed E-state index contributed by atoms with van der Waals surface area (Å²) in [6, 6.07) is 10.6. The summed E-state index contributed by atoms with van der Waals surface area (Å²) >= 11 is 5.92. The Morgan fingerprint density at radius 1 is 1.30 bits per heavy atom. The van der Waals surface area contributed by atoms with Crippen molar-refractivity contribution in [2.75, 3.05) is 11.9 Å². The van der Waals surface area contributed by atoms with Gasteiger partial charge < -0.3 is 10.6 Å². The number of benzene rings is 2. The third-order valence-electron chi connectivity index (χ3n) is 4.61. The van der Waals surface area contributed by atoms with Crippen LogP contribution in [0.4, 0.5) is 16.2 Å². The highest BCUT2D eigenvalue weighted by Gasteiger charge is 2.49. The number of rotatable bonds is 5. The lowest BCUT2D eigenvalue weighted by Crippen LogP contribution is -2.42. The second-order valence-electron chi connectivity index (χ2n) is 6.61. The maximum absolute atomic E-state index is 12.9. The summed E-state index contributed by atoms with van der Waals surface area (Å²) in [6.07, 6.45) is 0. The van der Waals surface area contributed by atoms with Crippen LogP contribution in [0.25, 0.3) is 0 Å². The first kappa shape index (κ1) is 20.8. The summed E-state index contributed by atoms with van der Waals surface area (Å²) in [4.78, 5) is 48.5. The standard InChI is InChI=1S/C19H14ClN5O5/c1-19(12-3-6-14(7-4-12)25(29)30)17(27)24(18(28)23-19)10-16(26)22-13-5-2-11(9-21)15(20)8-13/h2-8H,10H2,1H3,(H,22,26)(H,23,28)/t19-/m0/s1. The van der Waals surface area contributed by atoms with Gasteiger partial charge in [-0.25, -0.2) is 4.79 Å². The lowest BCUT2D eigenvalue weighted by Gasteiger charge is -2.22. The van der Waals surface area contributed by atoms with Crippen LogP contribution >= 0.6 is 11.6 Å². The molecule has 4 amide bonds. The topological polar surface area (TPSA) is 145 Å². The van der Waals surface area contributed by atoms with Crippen LogP contribution in [0, 0.1) is 21.4 Å². The van der Waals surface area contributed by atoms with Gasteiger partial charge in [-0.2, -0.15) is 5.26 Å². The summed E-state index contributed by atoms with van der Waals surface area (Å²) in [5, 5.41) is 24.9. The first-order valence-electron chi connectivity index (χ1n) is 8.54. The number of carbonyl (C=O) groups excluding carboxylic acids is 3. The molecule has 0 radical (unpaired) electrons. The molecule has 0 aromatic heterocycles. The van der Waals surface area contributed by atoms with Crippen LogP contribution in [-0.2, 0) is 15.1 Å². The van der Waals surface area contributed by atoms with E-state index in [1.807, 2.05) is 6.07 Å². The minimum atomic E-state index is -1.47. The number of anilines is 1. The van der Waals surface area contributed by atoms with E-state index in [1.165, 1.54) is 49.4 Å². The second kappa shape index (κ2) is 7.81. The van der Waals surface area contributed by atoms with Crippen LogP contribution < -0.4 is 10.6 Å². The molecule has 11 heteroatoms. The van der Waals surface area contributed by atoms with Gasteiger partial charge in [-0.1, -0.05) is 11.6 Å². The molecule has 1 aliphatic rings. The Morgan fingerprint density at radius 3 is 2.53 bits per heavy atom. The van der Waals surface area contributed by atoms with E-state index in [1.54, 1.807) is 0 Å². The summed E-state index contributed by atoms with van der Waals surface area (Å²) in [5.41, 5.74) is -0.744. The van der Waals surface area contributed by atoms with Crippen molar-refractivity contribution in [2.24, 2.45) is 0 Å². The predicted octanol–water partition coefficient (Wildman–Crippen LogP) is 2.53. The Balaban J connectivity index is 1.74. The number of urea groups is 1. The molecule has 1 saturated heterocycles. The third kappa shape index (κ3) is 3.78. The Hall–Kier alpha value is -3.97. The van der Waals surface area contributed by atoms with E-state index in [0.29, 0.717) is 11.3 Å². The Labute approximate surface area is 175 Å². The van der Waals surface area contributed by atoms with Gasteiger partial charge in [0.1, 0.15) is 18.2 Å². The molecule has 0 aliphatic carbocycles. The van der Waals surface area contributed by atoms with Crippen molar-refractivity contribution in [3.8, 4) is 6.07 Å². The minimum Gasteiger partial charge on any atom is -0.324 e. The molecule has 2 aromatic rings. The van der Waals surface area contributed by atoms with Gasteiger partial charge in [0.25, 0.3) is 11.6 Å².